The van der Waals surface area contributed by atoms with Crippen molar-refractivity contribution >= 4 is 34.7 Å². The molecule has 24 heteroatoms. The lowest BCUT2D eigenvalue weighted by atomic mass is 9.59. The zero-order valence-corrected chi connectivity index (χ0v) is 89.9. The van der Waals surface area contributed by atoms with E-state index in [2.05, 4.69) is 213 Å². The molecule has 1 saturated carbocycles. The molecular formula is C126H137F5N12O7. The number of nitrogens with zero attached hydrogens (tertiary/aromatic N) is 6. The monoisotopic (exact) mass is 2030 g/mol. The molecule has 6 atom stereocenters. The summed E-state index contributed by atoms with van der Waals surface area (Å²) in [5, 5.41) is 45.3. The molecule has 5 unspecified atom stereocenters. The number of halogens is 5. The Hall–Kier alpha value is -13.5. The SMILES string of the molecule is COc1cccc(C2C3=C(Cc4n[nH]c(C)c42)CC(C)(C)CC3=O)c1.Cc1[nH]nc2c1C(c1c(F)cccc1F)C1=C(C2)CC(C)(C)CC1=O.Cc1[nH]nc2c1C(c1cc(F)ccc1F)C1=C(C2)CC(C)(C)CC1=O.Cc1[nH]nc2c1C(c1ccccc1F)C1=C(C2)CC(C)(C)CC1=O.Cc1ccccc1C1C2=C(Cc3n[nH]c(C)c31)CC1(CCCCC1)CC2=O.Cc1ccccc1[C@H]1C2=C(Cc3n[nH]c(C)c31)CC(C)(C)CC2=O. The van der Waals surface area contributed by atoms with Gasteiger partial charge in [0.1, 0.15) is 34.8 Å². The van der Waals surface area contributed by atoms with Crippen molar-refractivity contribution < 1.29 is 55.5 Å². The van der Waals surface area contributed by atoms with Crippen LogP contribution in [0.2, 0.25) is 0 Å². The summed E-state index contributed by atoms with van der Waals surface area (Å²) >= 11 is 0. The van der Waals surface area contributed by atoms with Gasteiger partial charge in [0.25, 0.3) is 0 Å². The number of nitrogens with one attached hydrogen (secondary N) is 6. The van der Waals surface area contributed by atoms with Crippen molar-refractivity contribution in [1.29, 1.82) is 0 Å². The quantitative estimate of drug-likeness (QED) is 0.0811. The fraction of sp³-hybridized carbons (Fsp3) is 0.429. The first-order chi connectivity index (χ1) is 71.3. The van der Waals surface area contributed by atoms with Crippen LogP contribution >= 0.6 is 0 Å². The Labute approximate surface area is 874 Å². The molecular weight excluding hydrogens is 1890 g/mol. The van der Waals surface area contributed by atoms with E-state index in [1.54, 1.807) is 19.2 Å². The van der Waals surface area contributed by atoms with Gasteiger partial charge in [-0.15, -0.1) is 0 Å². The Morgan fingerprint density at radius 2 is 0.560 bits per heavy atom. The molecule has 0 amide bonds. The molecule has 6 aromatic carbocycles. The first kappa shape index (κ1) is 104. The summed E-state index contributed by atoms with van der Waals surface area (Å²) in [6.07, 6.45) is 19.4. The van der Waals surface area contributed by atoms with E-state index in [1.807, 2.05) is 52.0 Å². The number of aromatic amines is 6. The average Bonchev–Trinajstić information content (AvgIpc) is 1.47. The Morgan fingerprint density at radius 1 is 0.273 bits per heavy atom. The summed E-state index contributed by atoms with van der Waals surface area (Å²) in [4.78, 5) is 78.6. The van der Waals surface area contributed by atoms with Gasteiger partial charge in [-0.25, -0.2) is 22.0 Å². The number of methoxy groups -OCH3 is 1. The van der Waals surface area contributed by atoms with Crippen LogP contribution in [0.1, 0.15) is 360 Å². The fourth-order valence-corrected chi connectivity index (χ4v) is 28.2. The van der Waals surface area contributed by atoms with Crippen molar-refractivity contribution in [3.05, 3.63) is 376 Å². The van der Waals surface area contributed by atoms with Gasteiger partial charge in [0.2, 0.25) is 0 Å². The van der Waals surface area contributed by atoms with E-state index in [9.17, 15) is 50.7 Å². The highest BCUT2D eigenvalue weighted by Gasteiger charge is 2.52. The highest BCUT2D eigenvalue weighted by Crippen LogP contribution is 2.60. The maximum atomic E-state index is 14.6. The second-order valence-corrected chi connectivity index (χ2v) is 48.9. The van der Waals surface area contributed by atoms with E-state index in [0.29, 0.717) is 79.6 Å². The second kappa shape index (κ2) is 39.7. The normalized spacial score (nSPS) is 22.4. The van der Waals surface area contributed by atoms with Crippen molar-refractivity contribution in [1.82, 2.24) is 61.2 Å². The number of fused-ring (bicyclic) bond motifs is 6. The van der Waals surface area contributed by atoms with Crippen LogP contribution in [0.5, 0.6) is 5.75 Å². The maximum absolute atomic E-state index is 14.6. The zero-order valence-electron chi connectivity index (χ0n) is 89.9. The van der Waals surface area contributed by atoms with E-state index in [4.69, 9.17) is 4.74 Å². The van der Waals surface area contributed by atoms with Gasteiger partial charge in [-0.05, 0) is 221 Å². The third-order valence-electron chi connectivity index (χ3n) is 34.2. The summed E-state index contributed by atoms with van der Waals surface area (Å²) in [6.45, 7) is 37.4. The van der Waals surface area contributed by atoms with Gasteiger partial charge in [-0.2, -0.15) is 30.6 Å². The van der Waals surface area contributed by atoms with Gasteiger partial charge in [-0.1, -0.05) is 207 Å². The number of hydrogen-bond donors (Lipinski definition) is 6. The molecule has 1 spiro atoms. The molecule has 25 rings (SSSR count). The Bertz CT molecular complexity index is 7590. The third kappa shape index (κ3) is 19.5. The molecule has 0 aliphatic heterocycles. The van der Waals surface area contributed by atoms with Crippen molar-refractivity contribution in [2.75, 3.05) is 7.11 Å². The molecule has 13 aliphatic rings. The average molecular weight is 2030 g/mol. The van der Waals surface area contributed by atoms with Crippen LogP contribution in [-0.2, 0) is 67.3 Å². The van der Waals surface area contributed by atoms with E-state index in [1.165, 1.54) is 118 Å². The molecule has 778 valence electrons. The number of H-pyrrole nitrogens is 6. The minimum Gasteiger partial charge on any atom is -0.497 e. The lowest BCUT2D eigenvalue weighted by Gasteiger charge is -2.44. The lowest BCUT2D eigenvalue weighted by molar-refractivity contribution is -0.120. The molecule has 0 radical (unpaired) electrons. The van der Waals surface area contributed by atoms with Gasteiger partial charge >= 0.3 is 0 Å². The molecule has 0 bridgehead atoms. The summed E-state index contributed by atoms with van der Waals surface area (Å²) in [7, 11) is 1.67. The van der Waals surface area contributed by atoms with Gasteiger partial charge in [-0.3, -0.25) is 59.4 Å². The maximum Gasteiger partial charge on any atom is 0.160 e. The minimum absolute atomic E-state index is 0.00912. The summed E-state index contributed by atoms with van der Waals surface area (Å²) in [6, 6.07) is 39.1. The van der Waals surface area contributed by atoms with Crippen molar-refractivity contribution in [2.24, 2.45) is 32.5 Å². The van der Waals surface area contributed by atoms with Crippen LogP contribution in [0.4, 0.5) is 22.0 Å². The number of rotatable bonds is 7. The lowest BCUT2D eigenvalue weighted by Crippen LogP contribution is -2.36. The van der Waals surface area contributed by atoms with Crippen molar-refractivity contribution in [3.63, 3.8) is 0 Å². The Kier molecular flexibility index (Phi) is 27.4. The second-order valence-electron chi connectivity index (χ2n) is 48.9. The standard InChI is InChI=1S/C24H28N2O.C21H24N2O2.C21H24N2O.2C20H20F2N2O.C20H21FN2O/c1-15-8-4-5-9-18(15)23-21-16(2)25-26-19(21)12-17-13-24(10-6-3-7-11-24)14-20(27)22(17)23;1-12-18-16(23-22-12)9-14-10-21(2,3)11-17(24)19(14)20(18)13-6-5-7-15(8-13)25-4;1-12-7-5-6-8-15(12)20-18-13(2)22-23-16(18)9-14-10-21(3,4)11-17(24)19(14)20;1-10-17-15(24-23-10)6-11-8-20(2,3)9-16(25)18(11)19(17)13-7-12(21)4-5-14(13)22;1-10-16-14(24-23-10)7-11-8-20(2,3)9-15(25)17(11)19(16)18-12(21)5-4-6-13(18)22;1-11-17-15(23-22-11)8-12-9-20(2,3)10-16(24)18(12)19(17)13-6-4-5-7-14(13)21/h4-5,8-9,23H,3,6-7,10-14H2,1-2H3,(H,25,26);5-8,20H,9-11H2,1-4H3,(H,22,23);5-8,20H,9-11H2,1-4H3,(H,22,23);4-5,7,19H,6,8-9H2,1-3H3,(H,23,24);4-6,19H,7-9H2,1-3H3,(H,23,24);4-7,19H,8-10H2,1-3H3,(H,22,23)/t;;20-;;;/m..1.../s1. The number of ether oxygens (including phenoxy) is 1. The zero-order chi connectivity index (χ0) is 106. The molecule has 6 N–H and O–H groups in total. The largest absolute Gasteiger partial charge is 0.497 e. The van der Waals surface area contributed by atoms with Gasteiger partial charge in [0, 0.05) is 225 Å². The molecule has 150 heavy (non-hydrogen) atoms. The highest BCUT2D eigenvalue weighted by molar-refractivity contribution is 6.05. The third-order valence-corrected chi connectivity index (χ3v) is 34.2. The van der Waals surface area contributed by atoms with Gasteiger partial charge in [0.15, 0.2) is 34.7 Å². The molecule has 6 aromatic heterocycles. The van der Waals surface area contributed by atoms with Crippen molar-refractivity contribution in [2.45, 2.75) is 308 Å². The van der Waals surface area contributed by atoms with E-state index < -0.39 is 35.1 Å². The number of hydrogen-bond acceptors (Lipinski definition) is 13. The number of allylic oxidation sites excluding steroid dienone is 12. The molecule has 19 nitrogen and oxygen atoms in total. The van der Waals surface area contributed by atoms with E-state index in [-0.39, 0.29) is 96.2 Å². The van der Waals surface area contributed by atoms with Crippen LogP contribution in [0, 0.1) is 117 Å². The summed E-state index contributed by atoms with van der Waals surface area (Å²) in [5.41, 5.74) is 36.8. The van der Waals surface area contributed by atoms with E-state index in [0.717, 1.165) is 212 Å². The van der Waals surface area contributed by atoms with Gasteiger partial charge in [0.05, 0.1) is 41.3 Å². The van der Waals surface area contributed by atoms with Crippen LogP contribution in [0.3, 0.4) is 0 Å². The molecule has 13 aliphatic carbocycles. The van der Waals surface area contributed by atoms with Gasteiger partial charge < -0.3 is 4.74 Å². The smallest absolute Gasteiger partial charge is 0.160 e. The van der Waals surface area contributed by atoms with Crippen LogP contribution in [-0.4, -0.2) is 103 Å². The fourth-order valence-electron chi connectivity index (χ4n) is 28.2. The van der Waals surface area contributed by atoms with Crippen LogP contribution in [0.15, 0.2) is 200 Å². The first-order valence-electron chi connectivity index (χ1n) is 53.4. The van der Waals surface area contributed by atoms with Crippen molar-refractivity contribution in [3.8, 4) is 5.75 Å². The number of benzene rings is 6. The number of carbonyl (C=O) groups is 6. The predicted octanol–water partition coefficient (Wildman–Crippen LogP) is 26.8. The predicted molar refractivity (Wildman–Crippen MR) is 570 cm³/mol. The summed E-state index contributed by atoms with van der Waals surface area (Å²) in [5.74, 6) is -2.12. The number of carbonyl (C=O) groups excluding carboxylic acids is 6. The molecule has 6 heterocycles. The molecule has 0 saturated heterocycles. The van der Waals surface area contributed by atoms with Crippen LogP contribution in [0.25, 0.3) is 0 Å². The topological polar surface area (TPSA) is 284 Å². The number of aromatic nitrogens is 12. The minimum atomic E-state index is -0.720. The Morgan fingerprint density at radius 3 is 0.920 bits per heavy atom. The number of Topliss-reactive ketones (excluding diaryl/α,β-unsaturated/α-hetero) is 6. The number of aryl methyl sites for hydroxylation is 8. The van der Waals surface area contributed by atoms with Crippen LogP contribution < -0.4 is 4.74 Å². The van der Waals surface area contributed by atoms with E-state index >= 15 is 0 Å². The molecule has 1 fully saturated rings. The Balaban J connectivity index is 0.000000109. The highest BCUT2D eigenvalue weighted by atomic mass is 19.1. The molecule has 12 aromatic rings. The summed E-state index contributed by atoms with van der Waals surface area (Å²) < 4.78 is 77.6. The first-order valence-corrected chi connectivity index (χ1v) is 53.4. The number of ketones is 6.